The average molecular weight is 643 g/mol. The molecule has 2 aromatic heterocycles. The molecule has 0 aliphatic heterocycles. The van der Waals surface area contributed by atoms with Gasteiger partial charge in [0.1, 0.15) is 0 Å². The molecule has 8 aromatic rings. The number of benzene rings is 6. The zero-order chi connectivity index (χ0) is 31.8. The van der Waals surface area contributed by atoms with Gasteiger partial charge in [-0.2, -0.15) is 0 Å². The monoisotopic (exact) mass is 642 g/mol. The standard InChI is InChI=1S/C45H38S2/c1-5-26-9-15-42-38(17-26)40-21-28(7-3)19-36(44(40)46-42)32-13-11-30-23-31-12-14-33(25-35(31)34(30)24-32)37-20-29(8-4)22-41-39-18-27(6-2)10-16-43(39)47-45(37)41/h9-22,24-25H,5-8,23H2,1-4H3. The Morgan fingerprint density at radius 1 is 0.404 bits per heavy atom. The molecule has 0 saturated carbocycles. The normalized spacial score (nSPS) is 12.5. The van der Waals surface area contributed by atoms with Crippen molar-refractivity contribution in [2.45, 2.75) is 59.8 Å². The van der Waals surface area contributed by atoms with Gasteiger partial charge in [0, 0.05) is 40.3 Å². The number of aryl methyl sites for hydroxylation is 4. The van der Waals surface area contributed by atoms with E-state index in [9.17, 15) is 0 Å². The van der Waals surface area contributed by atoms with Gasteiger partial charge in [-0.1, -0.05) is 64.1 Å². The molecule has 0 radical (unpaired) electrons. The van der Waals surface area contributed by atoms with Gasteiger partial charge >= 0.3 is 0 Å². The third-order valence-corrected chi connectivity index (χ3v) is 13.0. The predicted molar refractivity (Wildman–Crippen MR) is 209 cm³/mol. The summed E-state index contributed by atoms with van der Waals surface area (Å²) in [5.41, 5.74) is 16.7. The highest BCUT2D eigenvalue weighted by molar-refractivity contribution is 7.26. The molecule has 230 valence electrons. The van der Waals surface area contributed by atoms with Gasteiger partial charge in [-0.05, 0) is 160 Å². The molecule has 0 bridgehead atoms. The van der Waals surface area contributed by atoms with E-state index >= 15 is 0 Å². The van der Waals surface area contributed by atoms with E-state index in [0.717, 1.165) is 32.1 Å². The summed E-state index contributed by atoms with van der Waals surface area (Å²) in [7, 11) is 0. The molecule has 0 unspecified atom stereocenters. The SMILES string of the molecule is CCc1ccc2sc3c(-c4ccc5c(c4)-c4cc(-c6cc(CC)cc7c6sc6ccc(CC)cc67)ccc4C5)cc(CC)cc3c2c1. The van der Waals surface area contributed by atoms with E-state index in [0.29, 0.717) is 0 Å². The lowest BCUT2D eigenvalue weighted by Gasteiger charge is -2.11. The van der Waals surface area contributed by atoms with Gasteiger partial charge in [0.25, 0.3) is 0 Å². The fourth-order valence-corrected chi connectivity index (χ4v) is 10.2. The average Bonchev–Trinajstić information content (AvgIpc) is 3.80. The van der Waals surface area contributed by atoms with E-state index in [2.05, 4.69) is 125 Å². The molecule has 6 aromatic carbocycles. The molecular formula is C45H38S2. The first-order valence-corrected chi connectivity index (χ1v) is 18.9. The van der Waals surface area contributed by atoms with Gasteiger partial charge in [-0.25, -0.2) is 0 Å². The second-order valence-electron chi connectivity index (χ2n) is 13.2. The molecule has 1 aliphatic rings. The highest BCUT2D eigenvalue weighted by atomic mass is 32.1. The number of hydrogen-bond acceptors (Lipinski definition) is 2. The Morgan fingerprint density at radius 2 is 0.830 bits per heavy atom. The third kappa shape index (κ3) is 4.60. The summed E-state index contributed by atoms with van der Waals surface area (Å²) in [6.07, 6.45) is 5.21. The van der Waals surface area contributed by atoms with Crippen LogP contribution in [0.3, 0.4) is 0 Å². The zero-order valence-electron chi connectivity index (χ0n) is 27.6. The second kappa shape index (κ2) is 11.2. The topological polar surface area (TPSA) is 0 Å². The quantitative estimate of drug-likeness (QED) is 0.169. The van der Waals surface area contributed by atoms with E-state index in [1.54, 1.807) is 0 Å². The Bertz CT molecular complexity index is 2360. The van der Waals surface area contributed by atoms with Crippen LogP contribution in [0.4, 0.5) is 0 Å². The Kier molecular flexibility index (Phi) is 6.89. The van der Waals surface area contributed by atoms with Crippen LogP contribution in [0.2, 0.25) is 0 Å². The minimum Gasteiger partial charge on any atom is -0.135 e. The fourth-order valence-electron chi connectivity index (χ4n) is 7.75. The van der Waals surface area contributed by atoms with Crippen LogP contribution in [-0.4, -0.2) is 0 Å². The van der Waals surface area contributed by atoms with Crippen LogP contribution in [0.25, 0.3) is 73.7 Å². The minimum atomic E-state index is 1.01. The molecule has 0 N–H and O–H groups in total. The largest absolute Gasteiger partial charge is 0.135 e. The summed E-state index contributed by atoms with van der Waals surface area (Å²) in [5.74, 6) is 0. The molecular weight excluding hydrogens is 605 g/mol. The van der Waals surface area contributed by atoms with Crippen LogP contribution in [0, 0.1) is 0 Å². The maximum absolute atomic E-state index is 2.49. The molecule has 0 nitrogen and oxygen atoms in total. The summed E-state index contributed by atoms with van der Waals surface area (Å²) in [6.45, 7) is 9.06. The van der Waals surface area contributed by atoms with E-state index in [-0.39, 0.29) is 0 Å². The molecule has 9 rings (SSSR count). The summed E-state index contributed by atoms with van der Waals surface area (Å²) in [4.78, 5) is 0. The van der Waals surface area contributed by atoms with Crippen LogP contribution in [0.1, 0.15) is 61.1 Å². The summed E-state index contributed by atoms with van der Waals surface area (Å²) < 4.78 is 5.59. The van der Waals surface area contributed by atoms with Gasteiger partial charge in [0.15, 0.2) is 0 Å². The van der Waals surface area contributed by atoms with E-state index in [4.69, 9.17) is 0 Å². The van der Waals surface area contributed by atoms with Crippen molar-refractivity contribution in [1.82, 2.24) is 0 Å². The Balaban J connectivity index is 1.21. The molecule has 0 fully saturated rings. The lowest BCUT2D eigenvalue weighted by atomic mass is 9.93. The van der Waals surface area contributed by atoms with Crippen molar-refractivity contribution in [1.29, 1.82) is 0 Å². The highest BCUT2D eigenvalue weighted by Gasteiger charge is 2.22. The van der Waals surface area contributed by atoms with Crippen LogP contribution in [0.5, 0.6) is 0 Å². The lowest BCUT2D eigenvalue weighted by molar-refractivity contribution is 1.14. The smallest absolute Gasteiger partial charge is 0.0434 e. The van der Waals surface area contributed by atoms with Gasteiger partial charge < -0.3 is 0 Å². The van der Waals surface area contributed by atoms with Crippen LogP contribution >= 0.6 is 22.7 Å². The highest BCUT2D eigenvalue weighted by Crippen LogP contribution is 2.47. The fraction of sp³-hybridized carbons (Fsp3) is 0.200. The van der Waals surface area contributed by atoms with Gasteiger partial charge in [0.05, 0.1) is 0 Å². The molecule has 47 heavy (non-hydrogen) atoms. The summed E-state index contributed by atoms with van der Waals surface area (Å²) >= 11 is 3.90. The lowest BCUT2D eigenvalue weighted by Crippen LogP contribution is -1.88. The maximum Gasteiger partial charge on any atom is 0.0434 e. The number of rotatable bonds is 6. The molecule has 1 aliphatic carbocycles. The van der Waals surface area contributed by atoms with Crippen LogP contribution < -0.4 is 0 Å². The first-order chi connectivity index (χ1) is 23.0. The van der Waals surface area contributed by atoms with E-state index < -0.39 is 0 Å². The summed E-state index contributed by atoms with van der Waals surface area (Å²) in [6, 6.07) is 38.4. The molecule has 0 amide bonds. The molecule has 0 spiro atoms. The van der Waals surface area contributed by atoms with Crippen LogP contribution in [-0.2, 0) is 32.1 Å². The van der Waals surface area contributed by atoms with Crippen molar-refractivity contribution >= 4 is 63.0 Å². The number of hydrogen-bond donors (Lipinski definition) is 0. The van der Waals surface area contributed by atoms with Gasteiger partial charge in [-0.3, -0.25) is 0 Å². The second-order valence-corrected chi connectivity index (χ2v) is 15.3. The Hall–Kier alpha value is -4.24. The van der Waals surface area contributed by atoms with E-state index in [1.165, 1.54) is 107 Å². The van der Waals surface area contributed by atoms with Gasteiger partial charge in [0.2, 0.25) is 0 Å². The number of thiophene rings is 2. The first-order valence-electron chi connectivity index (χ1n) is 17.3. The van der Waals surface area contributed by atoms with Crippen molar-refractivity contribution in [3.05, 3.63) is 130 Å². The van der Waals surface area contributed by atoms with Crippen molar-refractivity contribution in [3.63, 3.8) is 0 Å². The van der Waals surface area contributed by atoms with Crippen molar-refractivity contribution < 1.29 is 0 Å². The number of fused-ring (bicyclic) bond motifs is 9. The maximum atomic E-state index is 2.49. The minimum absolute atomic E-state index is 1.01. The molecule has 0 atom stereocenters. The Labute approximate surface area is 285 Å². The van der Waals surface area contributed by atoms with Crippen LogP contribution in [0.15, 0.2) is 97.1 Å². The molecule has 2 heteroatoms. The van der Waals surface area contributed by atoms with E-state index in [1.807, 2.05) is 22.7 Å². The van der Waals surface area contributed by atoms with Gasteiger partial charge in [-0.15, -0.1) is 22.7 Å². The zero-order valence-corrected chi connectivity index (χ0v) is 29.2. The Morgan fingerprint density at radius 3 is 1.26 bits per heavy atom. The predicted octanol–water partition coefficient (Wildman–Crippen LogP) is 13.6. The summed E-state index contributed by atoms with van der Waals surface area (Å²) in [5, 5.41) is 5.63. The molecule has 0 saturated heterocycles. The first kappa shape index (κ1) is 28.9. The van der Waals surface area contributed by atoms with Crippen molar-refractivity contribution in [2.75, 3.05) is 0 Å². The van der Waals surface area contributed by atoms with Crippen molar-refractivity contribution in [3.8, 4) is 33.4 Å². The van der Waals surface area contributed by atoms with Crippen molar-refractivity contribution in [2.24, 2.45) is 0 Å². The third-order valence-electron chi connectivity index (χ3n) is 10.5. The molecule has 2 heterocycles.